The third-order valence-corrected chi connectivity index (χ3v) is 2.98. The van der Waals surface area contributed by atoms with Gasteiger partial charge in [0.25, 0.3) is 0 Å². The van der Waals surface area contributed by atoms with Crippen LogP contribution in [0.4, 0.5) is 10.5 Å². The van der Waals surface area contributed by atoms with Gasteiger partial charge in [0.05, 0.1) is 7.11 Å². The Kier molecular flexibility index (Phi) is 4.45. The molecule has 0 unspecified atom stereocenters. The van der Waals surface area contributed by atoms with Crippen molar-refractivity contribution in [2.24, 2.45) is 0 Å². The van der Waals surface area contributed by atoms with Crippen LogP contribution in [0, 0.1) is 0 Å². The molecule has 4 heteroatoms. The fourth-order valence-corrected chi connectivity index (χ4v) is 1.91. The molecule has 4 nitrogen and oxygen atoms in total. The van der Waals surface area contributed by atoms with Gasteiger partial charge in [0.1, 0.15) is 5.75 Å². The standard InChI is InChI=1S/C15H23NO3/c1-9(2)10-7-11(15(3,4)5)13(8-12(10)16)19-14(17)18-6/h7-9H,16H2,1-6H3. The molecule has 1 aromatic rings. The molecule has 0 aromatic heterocycles. The molecular weight excluding hydrogens is 242 g/mol. The van der Waals surface area contributed by atoms with E-state index in [9.17, 15) is 4.79 Å². The second-order valence-corrected chi connectivity index (χ2v) is 5.94. The van der Waals surface area contributed by atoms with Gasteiger partial charge in [-0.3, -0.25) is 0 Å². The van der Waals surface area contributed by atoms with E-state index in [4.69, 9.17) is 10.5 Å². The summed E-state index contributed by atoms with van der Waals surface area (Å²) in [5.41, 5.74) is 8.49. The SMILES string of the molecule is COC(=O)Oc1cc(N)c(C(C)C)cc1C(C)(C)C. The molecule has 0 spiro atoms. The van der Waals surface area contributed by atoms with Gasteiger partial charge in [0, 0.05) is 17.3 Å². The molecular formula is C15H23NO3. The van der Waals surface area contributed by atoms with Crippen LogP contribution in [0.2, 0.25) is 0 Å². The maximum Gasteiger partial charge on any atom is 0.513 e. The number of nitrogens with two attached hydrogens (primary N) is 1. The molecule has 1 rings (SSSR count). The van der Waals surface area contributed by atoms with Crippen molar-refractivity contribution in [1.29, 1.82) is 0 Å². The van der Waals surface area contributed by atoms with Crippen LogP contribution >= 0.6 is 0 Å². The van der Waals surface area contributed by atoms with Gasteiger partial charge >= 0.3 is 6.16 Å². The topological polar surface area (TPSA) is 61.5 Å². The Bertz CT molecular complexity index is 473. The van der Waals surface area contributed by atoms with E-state index in [0.717, 1.165) is 11.1 Å². The van der Waals surface area contributed by atoms with Crippen LogP contribution in [0.15, 0.2) is 12.1 Å². The Morgan fingerprint density at radius 3 is 2.26 bits per heavy atom. The second-order valence-electron chi connectivity index (χ2n) is 5.94. The molecule has 106 valence electrons. The first-order chi connectivity index (χ1) is 8.66. The minimum atomic E-state index is -0.734. The van der Waals surface area contributed by atoms with E-state index < -0.39 is 6.16 Å². The van der Waals surface area contributed by atoms with Crippen molar-refractivity contribution in [3.63, 3.8) is 0 Å². The summed E-state index contributed by atoms with van der Waals surface area (Å²) in [6.45, 7) is 10.4. The van der Waals surface area contributed by atoms with Crippen molar-refractivity contribution in [3.8, 4) is 5.75 Å². The lowest BCUT2D eigenvalue weighted by Crippen LogP contribution is -2.17. The number of methoxy groups -OCH3 is 1. The lowest BCUT2D eigenvalue weighted by molar-refractivity contribution is 0.120. The highest BCUT2D eigenvalue weighted by Crippen LogP contribution is 2.37. The molecule has 0 radical (unpaired) electrons. The lowest BCUT2D eigenvalue weighted by Gasteiger charge is -2.24. The van der Waals surface area contributed by atoms with Crippen molar-refractivity contribution >= 4 is 11.8 Å². The summed E-state index contributed by atoms with van der Waals surface area (Å²) < 4.78 is 9.73. The summed E-state index contributed by atoms with van der Waals surface area (Å²) in [7, 11) is 1.28. The second kappa shape index (κ2) is 5.51. The Morgan fingerprint density at radius 1 is 1.26 bits per heavy atom. The fraction of sp³-hybridized carbons (Fsp3) is 0.533. The van der Waals surface area contributed by atoms with Gasteiger partial charge in [-0.15, -0.1) is 0 Å². The van der Waals surface area contributed by atoms with Crippen LogP contribution in [0.3, 0.4) is 0 Å². The largest absolute Gasteiger partial charge is 0.513 e. The van der Waals surface area contributed by atoms with Gasteiger partial charge in [-0.1, -0.05) is 34.6 Å². The molecule has 19 heavy (non-hydrogen) atoms. The highest BCUT2D eigenvalue weighted by molar-refractivity contribution is 5.67. The van der Waals surface area contributed by atoms with Crippen LogP contribution in [-0.4, -0.2) is 13.3 Å². The molecule has 0 atom stereocenters. The summed E-state index contributed by atoms with van der Waals surface area (Å²) in [5.74, 6) is 0.773. The maximum atomic E-state index is 11.3. The molecule has 1 aromatic carbocycles. The first kappa shape index (κ1) is 15.3. The first-order valence-electron chi connectivity index (χ1n) is 6.36. The van der Waals surface area contributed by atoms with Crippen molar-refractivity contribution in [1.82, 2.24) is 0 Å². The Labute approximate surface area is 114 Å². The summed E-state index contributed by atoms with van der Waals surface area (Å²) in [5, 5.41) is 0. The number of benzene rings is 1. The van der Waals surface area contributed by atoms with Gasteiger partial charge in [-0.2, -0.15) is 0 Å². The molecule has 0 aliphatic heterocycles. The quantitative estimate of drug-likeness (QED) is 0.501. The number of carbonyl (C=O) groups is 1. The maximum absolute atomic E-state index is 11.3. The summed E-state index contributed by atoms with van der Waals surface area (Å²) in [6, 6.07) is 3.71. The van der Waals surface area contributed by atoms with Gasteiger partial charge in [-0.25, -0.2) is 4.79 Å². The van der Waals surface area contributed by atoms with Crippen molar-refractivity contribution in [2.75, 3.05) is 12.8 Å². The number of anilines is 1. The highest BCUT2D eigenvalue weighted by Gasteiger charge is 2.23. The minimum absolute atomic E-state index is 0.152. The van der Waals surface area contributed by atoms with Gasteiger partial charge in [-0.05, 0) is 23.0 Å². The number of hydrogen-bond donors (Lipinski definition) is 1. The minimum Gasteiger partial charge on any atom is -0.437 e. The van der Waals surface area contributed by atoms with E-state index >= 15 is 0 Å². The number of nitrogen functional groups attached to an aromatic ring is 1. The van der Waals surface area contributed by atoms with Crippen molar-refractivity contribution in [2.45, 2.75) is 46.0 Å². The molecule has 0 saturated heterocycles. The molecule has 0 amide bonds. The molecule has 0 fully saturated rings. The summed E-state index contributed by atoms with van der Waals surface area (Å²) in [4.78, 5) is 11.3. The van der Waals surface area contributed by atoms with Crippen LogP contribution in [-0.2, 0) is 10.2 Å². The zero-order valence-corrected chi connectivity index (χ0v) is 12.5. The Hall–Kier alpha value is -1.71. The average molecular weight is 265 g/mol. The van der Waals surface area contributed by atoms with Crippen molar-refractivity contribution < 1.29 is 14.3 Å². The van der Waals surface area contributed by atoms with Gasteiger partial charge in [0.15, 0.2) is 0 Å². The van der Waals surface area contributed by atoms with Crippen molar-refractivity contribution in [3.05, 3.63) is 23.3 Å². The van der Waals surface area contributed by atoms with Crippen LogP contribution in [0.25, 0.3) is 0 Å². The number of ether oxygens (including phenoxy) is 2. The molecule has 0 aliphatic rings. The molecule has 2 N–H and O–H groups in total. The van der Waals surface area contributed by atoms with E-state index in [1.165, 1.54) is 7.11 Å². The molecule has 0 aliphatic carbocycles. The number of rotatable bonds is 2. The lowest BCUT2D eigenvalue weighted by atomic mass is 9.83. The van der Waals surface area contributed by atoms with Crippen LogP contribution in [0.5, 0.6) is 5.75 Å². The molecule has 0 heterocycles. The van der Waals surface area contributed by atoms with E-state index in [1.807, 2.05) is 6.07 Å². The predicted molar refractivity (Wildman–Crippen MR) is 76.7 cm³/mol. The monoisotopic (exact) mass is 265 g/mol. The smallest absolute Gasteiger partial charge is 0.437 e. The zero-order valence-electron chi connectivity index (χ0n) is 12.5. The highest BCUT2D eigenvalue weighted by atomic mass is 16.7. The first-order valence-corrected chi connectivity index (χ1v) is 6.36. The van der Waals surface area contributed by atoms with Crippen LogP contribution in [0.1, 0.15) is 51.7 Å². The summed E-state index contributed by atoms with van der Waals surface area (Å²) in [6.07, 6.45) is -0.734. The van der Waals surface area contributed by atoms with E-state index in [0.29, 0.717) is 17.4 Å². The average Bonchev–Trinajstić information content (AvgIpc) is 2.26. The normalized spacial score (nSPS) is 11.5. The molecule has 0 saturated carbocycles. The number of hydrogen-bond acceptors (Lipinski definition) is 4. The Morgan fingerprint density at radius 2 is 1.84 bits per heavy atom. The van der Waals surface area contributed by atoms with Gasteiger partial charge < -0.3 is 15.2 Å². The van der Waals surface area contributed by atoms with Gasteiger partial charge in [0.2, 0.25) is 0 Å². The molecule has 0 bridgehead atoms. The van der Waals surface area contributed by atoms with E-state index in [-0.39, 0.29) is 5.41 Å². The predicted octanol–water partition coefficient (Wildman–Crippen LogP) is 3.83. The van der Waals surface area contributed by atoms with E-state index in [2.05, 4.69) is 39.4 Å². The third kappa shape index (κ3) is 3.63. The third-order valence-electron chi connectivity index (χ3n) is 2.98. The zero-order chi connectivity index (χ0) is 14.8. The van der Waals surface area contributed by atoms with Crippen LogP contribution < -0.4 is 10.5 Å². The summed E-state index contributed by atoms with van der Waals surface area (Å²) >= 11 is 0. The number of carbonyl (C=O) groups excluding carboxylic acids is 1. The Balaban J connectivity index is 3.37. The fourth-order valence-electron chi connectivity index (χ4n) is 1.91. The van der Waals surface area contributed by atoms with E-state index in [1.54, 1.807) is 6.07 Å².